The maximum atomic E-state index is 13.4. The highest BCUT2D eigenvalue weighted by Crippen LogP contribution is 2.35. The summed E-state index contributed by atoms with van der Waals surface area (Å²) in [4.78, 5) is 29.4. The summed E-state index contributed by atoms with van der Waals surface area (Å²) in [5.74, 6) is 1.74. The molecule has 3 aromatic rings. The zero-order valence-electron chi connectivity index (χ0n) is 19.0. The summed E-state index contributed by atoms with van der Waals surface area (Å²) in [5, 5.41) is 8.30. The van der Waals surface area contributed by atoms with Gasteiger partial charge in [0.15, 0.2) is 11.5 Å². The van der Waals surface area contributed by atoms with Crippen LogP contribution >= 0.6 is 0 Å². The molecule has 0 aliphatic carbocycles. The van der Waals surface area contributed by atoms with E-state index in [2.05, 4.69) is 10.3 Å². The van der Waals surface area contributed by atoms with Crippen molar-refractivity contribution in [3.8, 4) is 11.5 Å². The topological polar surface area (TPSA) is 103 Å². The number of nitrogens with zero attached hydrogens (tertiary/aromatic N) is 5. The first-order valence-corrected chi connectivity index (χ1v) is 10.7. The van der Waals surface area contributed by atoms with Gasteiger partial charge in [0.2, 0.25) is 0 Å². The van der Waals surface area contributed by atoms with Crippen LogP contribution in [0.5, 0.6) is 11.5 Å². The number of aromatic nitrogens is 3. The summed E-state index contributed by atoms with van der Waals surface area (Å²) >= 11 is 0. The average molecular weight is 451 g/mol. The van der Waals surface area contributed by atoms with E-state index in [0.29, 0.717) is 42.7 Å². The Labute approximate surface area is 190 Å². The van der Waals surface area contributed by atoms with Crippen molar-refractivity contribution in [1.29, 1.82) is 0 Å². The Bertz CT molecular complexity index is 1220. The minimum absolute atomic E-state index is 0.262. The van der Waals surface area contributed by atoms with Crippen molar-refractivity contribution in [3.05, 3.63) is 53.2 Å². The van der Waals surface area contributed by atoms with E-state index in [1.165, 1.54) is 11.1 Å². The van der Waals surface area contributed by atoms with Crippen LogP contribution in [0, 0.1) is 13.8 Å². The highest BCUT2D eigenvalue weighted by molar-refractivity contribution is 6.22. The quantitative estimate of drug-likeness (QED) is 0.549. The molecule has 2 aliphatic heterocycles. The Kier molecular flexibility index (Phi) is 4.88. The van der Waals surface area contributed by atoms with Gasteiger partial charge in [-0.25, -0.2) is 9.69 Å². The molecule has 0 N–H and O–H groups in total. The first-order valence-electron chi connectivity index (χ1n) is 10.7. The maximum absolute atomic E-state index is 13.4. The van der Waals surface area contributed by atoms with Gasteiger partial charge < -0.3 is 18.9 Å². The van der Waals surface area contributed by atoms with Gasteiger partial charge in [0.25, 0.3) is 5.91 Å². The van der Waals surface area contributed by atoms with Gasteiger partial charge in [-0.3, -0.25) is 9.48 Å². The molecule has 3 amide bonds. The molecular weight excluding hydrogens is 426 g/mol. The molecule has 1 saturated heterocycles. The van der Waals surface area contributed by atoms with Crippen LogP contribution in [0.25, 0.3) is 0 Å². The third kappa shape index (κ3) is 3.51. The average Bonchev–Trinajstić information content (AvgIpc) is 3.43. The van der Waals surface area contributed by atoms with Crippen LogP contribution in [-0.4, -0.2) is 50.5 Å². The fourth-order valence-electron chi connectivity index (χ4n) is 4.14. The highest BCUT2D eigenvalue weighted by Gasteiger charge is 2.52. The molecule has 5 rings (SSSR count). The van der Waals surface area contributed by atoms with Crippen LogP contribution in [0.2, 0.25) is 0 Å². The summed E-state index contributed by atoms with van der Waals surface area (Å²) in [6.45, 7) is 8.89. The zero-order chi connectivity index (χ0) is 23.3. The zero-order valence-corrected chi connectivity index (χ0v) is 19.0. The fourth-order valence-corrected chi connectivity index (χ4v) is 4.14. The number of urea groups is 1. The number of fused-ring (bicyclic) bond motifs is 1. The van der Waals surface area contributed by atoms with Crippen molar-refractivity contribution in [2.24, 2.45) is 0 Å². The molecule has 0 atom stereocenters. The molecule has 33 heavy (non-hydrogen) atoms. The van der Waals surface area contributed by atoms with Crippen LogP contribution in [0.4, 0.5) is 10.5 Å². The standard InChI is InChI=1S/C23H25N5O5/c1-14-18(15(2)33-25-14)13-26-12-17(10-24-26)28-21(29)23(3,4)27(22(28)30)11-16-5-6-19-20(9-16)32-8-7-31-19/h5-6,9-10,12H,7-8,11,13H2,1-4H3. The van der Waals surface area contributed by atoms with E-state index in [1.807, 2.05) is 32.0 Å². The number of carbonyl (C=O) groups excluding carboxylic acids is 2. The Morgan fingerprint density at radius 1 is 1.06 bits per heavy atom. The van der Waals surface area contributed by atoms with Crippen LogP contribution < -0.4 is 14.4 Å². The molecule has 1 aromatic carbocycles. The van der Waals surface area contributed by atoms with Crippen molar-refractivity contribution in [2.45, 2.75) is 46.3 Å². The van der Waals surface area contributed by atoms with E-state index in [4.69, 9.17) is 14.0 Å². The minimum Gasteiger partial charge on any atom is -0.486 e. The molecule has 4 heterocycles. The number of hydrogen-bond acceptors (Lipinski definition) is 7. The molecule has 172 valence electrons. The van der Waals surface area contributed by atoms with E-state index in [1.54, 1.807) is 29.6 Å². The molecule has 10 heteroatoms. The van der Waals surface area contributed by atoms with Gasteiger partial charge in [-0.1, -0.05) is 11.2 Å². The summed E-state index contributed by atoms with van der Waals surface area (Å²) in [6.07, 6.45) is 3.21. The number of aryl methyl sites for hydroxylation is 2. The van der Waals surface area contributed by atoms with Gasteiger partial charge in [0.1, 0.15) is 24.5 Å². The van der Waals surface area contributed by atoms with Crippen LogP contribution in [0.15, 0.2) is 35.1 Å². The Balaban J connectivity index is 1.38. The fraction of sp³-hybridized carbons (Fsp3) is 0.391. The number of carbonyl (C=O) groups is 2. The van der Waals surface area contributed by atoms with Crippen molar-refractivity contribution >= 4 is 17.6 Å². The molecule has 2 aliphatic rings. The molecule has 0 spiro atoms. The second kappa shape index (κ2) is 7.65. The third-order valence-corrected chi connectivity index (χ3v) is 6.15. The lowest BCUT2D eigenvalue weighted by Crippen LogP contribution is -2.43. The molecule has 0 unspecified atom stereocenters. The largest absolute Gasteiger partial charge is 0.486 e. The predicted molar refractivity (Wildman–Crippen MR) is 117 cm³/mol. The van der Waals surface area contributed by atoms with E-state index < -0.39 is 11.6 Å². The molecule has 2 aromatic heterocycles. The molecule has 1 fully saturated rings. The molecule has 0 bridgehead atoms. The normalized spacial score (nSPS) is 17.2. The first kappa shape index (κ1) is 21.0. The SMILES string of the molecule is Cc1noc(C)c1Cn1cc(N2C(=O)N(Cc3ccc4c(c3)OCCO4)C(C)(C)C2=O)cn1. The van der Waals surface area contributed by atoms with Gasteiger partial charge in [-0.15, -0.1) is 0 Å². The summed E-state index contributed by atoms with van der Waals surface area (Å²) < 4.78 is 18.1. The first-order chi connectivity index (χ1) is 15.8. The maximum Gasteiger partial charge on any atom is 0.332 e. The molecule has 10 nitrogen and oxygen atoms in total. The summed E-state index contributed by atoms with van der Waals surface area (Å²) in [5.41, 5.74) is 1.96. The lowest BCUT2D eigenvalue weighted by Gasteiger charge is -2.28. The van der Waals surface area contributed by atoms with Crippen molar-refractivity contribution in [3.63, 3.8) is 0 Å². The number of amides is 3. The number of benzene rings is 1. The Morgan fingerprint density at radius 2 is 1.82 bits per heavy atom. The van der Waals surface area contributed by atoms with Crippen LogP contribution in [0.1, 0.15) is 36.4 Å². The predicted octanol–water partition coefficient (Wildman–Crippen LogP) is 3.05. The van der Waals surface area contributed by atoms with Gasteiger partial charge in [0, 0.05) is 18.3 Å². The monoisotopic (exact) mass is 451 g/mol. The summed E-state index contributed by atoms with van der Waals surface area (Å²) in [6, 6.07) is 5.17. The second-order valence-electron chi connectivity index (χ2n) is 8.75. The molecule has 0 saturated carbocycles. The van der Waals surface area contributed by atoms with Gasteiger partial charge >= 0.3 is 6.03 Å². The minimum atomic E-state index is -1.02. The van der Waals surface area contributed by atoms with Gasteiger partial charge in [0.05, 0.1) is 24.1 Å². The van der Waals surface area contributed by atoms with Crippen LogP contribution in [-0.2, 0) is 17.9 Å². The third-order valence-electron chi connectivity index (χ3n) is 6.15. The molecular formula is C23H25N5O5. The lowest BCUT2D eigenvalue weighted by molar-refractivity contribution is -0.123. The van der Waals surface area contributed by atoms with E-state index in [0.717, 1.165) is 16.8 Å². The number of imide groups is 1. The van der Waals surface area contributed by atoms with Gasteiger partial charge in [-0.05, 0) is 45.4 Å². The van der Waals surface area contributed by atoms with Crippen molar-refractivity contribution in [1.82, 2.24) is 19.8 Å². The smallest absolute Gasteiger partial charge is 0.332 e. The number of ether oxygens (including phenoxy) is 2. The summed E-state index contributed by atoms with van der Waals surface area (Å²) in [7, 11) is 0. The van der Waals surface area contributed by atoms with E-state index in [-0.39, 0.29) is 12.5 Å². The van der Waals surface area contributed by atoms with E-state index in [9.17, 15) is 9.59 Å². The highest BCUT2D eigenvalue weighted by atomic mass is 16.6. The number of anilines is 1. The lowest BCUT2D eigenvalue weighted by atomic mass is 10.0. The molecule has 0 radical (unpaired) electrons. The Hall–Kier alpha value is -3.82. The number of hydrogen-bond donors (Lipinski definition) is 0. The second-order valence-corrected chi connectivity index (χ2v) is 8.75. The van der Waals surface area contributed by atoms with E-state index >= 15 is 0 Å². The van der Waals surface area contributed by atoms with Gasteiger partial charge in [-0.2, -0.15) is 5.10 Å². The Morgan fingerprint density at radius 3 is 2.55 bits per heavy atom. The van der Waals surface area contributed by atoms with Crippen LogP contribution in [0.3, 0.4) is 0 Å². The van der Waals surface area contributed by atoms with Crippen molar-refractivity contribution < 1.29 is 23.6 Å². The number of rotatable bonds is 5. The van der Waals surface area contributed by atoms with Crippen molar-refractivity contribution in [2.75, 3.05) is 18.1 Å².